The van der Waals surface area contributed by atoms with Gasteiger partial charge in [-0.3, -0.25) is 9.97 Å². The molecular formula is C13H23N3. The SMILES string of the molecule is CCNC(CCCC(C)C)c1cnccn1. The van der Waals surface area contributed by atoms with Crippen LogP contribution in [0.25, 0.3) is 0 Å². The summed E-state index contributed by atoms with van der Waals surface area (Å²) < 4.78 is 0. The molecule has 1 rings (SSSR count). The maximum Gasteiger partial charge on any atom is 0.0756 e. The van der Waals surface area contributed by atoms with Crippen molar-refractivity contribution in [2.24, 2.45) is 5.92 Å². The standard InChI is InChI=1S/C13H23N3/c1-4-15-12(7-5-6-11(2)3)13-10-14-8-9-16-13/h8-12,15H,4-7H2,1-3H3. The Bertz CT molecular complexity index is 272. The van der Waals surface area contributed by atoms with Crippen LogP contribution in [0.2, 0.25) is 0 Å². The van der Waals surface area contributed by atoms with Gasteiger partial charge in [0.05, 0.1) is 11.7 Å². The highest BCUT2D eigenvalue weighted by atomic mass is 14.9. The molecule has 0 spiro atoms. The Morgan fingerprint density at radius 2 is 2.06 bits per heavy atom. The second kappa shape index (κ2) is 7.34. The first-order valence-corrected chi connectivity index (χ1v) is 6.23. The smallest absolute Gasteiger partial charge is 0.0756 e. The van der Waals surface area contributed by atoms with Crippen molar-refractivity contribution in [3.05, 3.63) is 24.3 Å². The highest BCUT2D eigenvalue weighted by molar-refractivity contribution is 5.01. The van der Waals surface area contributed by atoms with Crippen LogP contribution < -0.4 is 5.32 Å². The van der Waals surface area contributed by atoms with E-state index in [-0.39, 0.29) is 0 Å². The lowest BCUT2D eigenvalue weighted by molar-refractivity contribution is 0.448. The van der Waals surface area contributed by atoms with Crippen LogP contribution in [0.5, 0.6) is 0 Å². The van der Waals surface area contributed by atoms with Crippen molar-refractivity contribution in [2.45, 2.75) is 46.1 Å². The minimum absolute atomic E-state index is 0.359. The minimum Gasteiger partial charge on any atom is -0.309 e. The quantitative estimate of drug-likeness (QED) is 0.769. The molecule has 3 heteroatoms. The largest absolute Gasteiger partial charge is 0.309 e. The van der Waals surface area contributed by atoms with Gasteiger partial charge >= 0.3 is 0 Å². The maximum absolute atomic E-state index is 4.37. The van der Waals surface area contributed by atoms with Crippen molar-refractivity contribution in [3.8, 4) is 0 Å². The summed E-state index contributed by atoms with van der Waals surface area (Å²) in [5.41, 5.74) is 1.06. The summed E-state index contributed by atoms with van der Waals surface area (Å²) in [4.78, 5) is 8.50. The van der Waals surface area contributed by atoms with Crippen molar-refractivity contribution < 1.29 is 0 Å². The molecule has 0 amide bonds. The van der Waals surface area contributed by atoms with Crippen LogP contribution in [0.3, 0.4) is 0 Å². The van der Waals surface area contributed by atoms with E-state index in [1.807, 2.05) is 6.20 Å². The van der Waals surface area contributed by atoms with E-state index in [1.54, 1.807) is 12.4 Å². The van der Waals surface area contributed by atoms with Crippen molar-refractivity contribution in [3.63, 3.8) is 0 Å². The minimum atomic E-state index is 0.359. The molecule has 0 bridgehead atoms. The zero-order valence-electron chi connectivity index (χ0n) is 10.6. The molecule has 3 nitrogen and oxygen atoms in total. The van der Waals surface area contributed by atoms with Gasteiger partial charge in [-0.05, 0) is 18.9 Å². The van der Waals surface area contributed by atoms with Crippen LogP contribution >= 0.6 is 0 Å². The Morgan fingerprint density at radius 3 is 2.62 bits per heavy atom. The second-order valence-corrected chi connectivity index (χ2v) is 4.57. The van der Waals surface area contributed by atoms with E-state index >= 15 is 0 Å². The lowest BCUT2D eigenvalue weighted by atomic mass is 10.0. The zero-order chi connectivity index (χ0) is 11.8. The van der Waals surface area contributed by atoms with Gasteiger partial charge in [0.25, 0.3) is 0 Å². The number of aromatic nitrogens is 2. The molecule has 0 fully saturated rings. The second-order valence-electron chi connectivity index (χ2n) is 4.57. The molecule has 0 radical (unpaired) electrons. The summed E-state index contributed by atoms with van der Waals surface area (Å²) in [5, 5.41) is 3.47. The average molecular weight is 221 g/mol. The van der Waals surface area contributed by atoms with Crippen molar-refractivity contribution in [1.29, 1.82) is 0 Å². The predicted molar refractivity (Wildman–Crippen MR) is 67.1 cm³/mol. The molecule has 1 aromatic rings. The number of nitrogens with one attached hydrogen (secondary N) is 1. The first-order valence-electron chi connectivity index (χ1n) is 6.23. The number of hydrogen-bond acceptors (Lipinski definition) is 3. The molecule has 0 aliphatic carbocycles. The Labute approximate surface area is 98.7 Å². The van der Waals surface area contributed by atoms with Gasteiger partial charge in [0.1, 0.15) is 0 Å². The molecule has 1 atom stereocenters. The molecule has 1 heterocycles. The maximum atomic E-state index is 4.37. The molecular weight excluding hydrogens is 198 g/mol. The van der Waals surface area contributed by atoms with Gasteiger partial charge in [0.2, 0.25) is 0 Å². The summed E-state index contributed by atoms with van der Waals surface area (Å²) in [7, 11) is 0. The Hall–Kier alpha value is -0.960. The summed E-state index contributed by atoms with van der Waals surface area (Å²) in [6, 6.07) is 0.359. The third-order valence-electron chi connectivity index (χ3n) is 2.66. The van der Waals surface area contributed by atoms with Gasteiger partial charge in [0, 0.05) is 18.6 Å². The van der Waals surface area contributed by atoms with Crippen LogP contribution in [0.1, 0.15) is 51.8 Å². The fraction of sp³-hybridized carbons (Fsp3) is 0.692. The van der Waals surface area contributed by atoms with Gasteiger partial charge in [-0.2, -0.15) is 0 Å². The molecule has 0 aliphatic rings. The first-order chi connectivity index (χ1) is 7.74. The van der Waals surface area contributed by atoms with Crippen LogP contribution in [-0.4, -0.2) is 16.5 Å². The van der Waals surface area contributed by atoms with Gasteiger partial charge in [-0.15, -0.1) is 0 Å². The lowest BCUT2D eigenvalue weighted by Crippen LogP contribution is -2.22. The molecule has 90 valence electrons. The summed E-state index contributed by atoms with van der Waals surface area (Å²) >= 11 is 0. The summed E-state index contributed by atoms with van der Waals surface area (Å²) in [6.07, 6.45) is 9.02. The highest BCUT2D eigenvalue weighted by Gasteiger charge is 2.11. The number of hydrogen-bond donors (Lipinski definition) is 1. The molecule has 1 unspecified atom stereocenters. The molecule has 0 aliphatic heterocycles. The monoisotopic (exact) mass is 221 g/mol. The number of nitrogens with zero attached hydrogens (tertiary/aromatic N) is 2. The molecule has 1 aromatic heterocycles. The van der Waals surface area contributed by atoms with E-state index in [9.17, 15) is 0 Å². The van der Waals surface area contributed by atoms with Crippen LogP contribution in [-0.2, 0) is 0 Å². The Morgan fingerprint density at radius 1 is 1.25 bits per heavy atom. The van der Waals surface area contributed by atoms with E-state index in [2.05, 4.69) is 36.1 Å². The fourth-order valence-corrected chi connectivity index (χ4v) is 1.82. The third kappa shape index (κ3) is 4.71. The third-order valence-corrected chi connectivity index (χ3v) is 2.66. The Balaban J connectivity index is 2.48. The van der Waals surface area contributed by atoms with Crippen LogP contribution in [0, 0.1) is 5.92 Å². The van der Waals surface area contributed by atoms with E-state index in [4.69, 9.17) is 0 Å². The van der Waals surface area contributed by atoms with Crippen molar-refractivity contribution >= 4 is 0 Å². The van der Waals surface area contributed by atoms with Crippen molar-refractivity contribution in [1.82, 2.24) is 15.3 Å². The highest BCUT2D eigenvalue weighted by Crippen LogP contribution is 2.18. The topological polar surface area (TPSA) is 37.8 Å². The summed E-state index contributed by atoms with van der Waals surface area (Å²) in [6.45, 7) is 7.64. The van der Waals surface area contributed by atoms with Gasteiger partial charge in [-0.25, -0.2) is 0 Å². The zero-order valence-corrected chi connectivity index (χ0v) is 10.6. The molecule has 1 N–H and O–H groups in total. The van der Waals surface area contributed by atoms with E-state index in [1.165, 1.54) is 12.8 Å². The van der Waals surface area contributed by atoms with Crippen LogP contribution in [0.4, 0.5) is 0 Å². The molecule has 0 aromatic carbocycles. The fourth-order valence-electron chi connectivity index (χ4n) is 1.82. The van der Waals surface area contributed by atoms with Crippen LogP contribution in [0.15, 0.2) is 18.6 Å². The average Bonchev–Trinajstić information content (AvgIpc) is 2.29. The molecule has 0 saturated carbocycles. The molecule has 16 heavy (non-hydrogen) atoms. The number of rotatable bonds is 7. The van der Waals surface area contributed by atoms with Gasteiger partial charge in [-0.1, -0.05) is 33.6 Å². The first kappa shape index (κ1) is 13.1. The van der Waals surface area contributed by atoms with Gasteiger partial charge < -0.3 is 5.32 Å². The molecule has 0 saturated heterocycles. The van der Waals surface area contributed by atoms with E-state index in [0.717, 1.165) is 24.6 Å². The summed E-state index contributed by atoms with van der Waals surface area (Å²) in [5.74, 6) is 0.782. The Kier molecular flexibility index (Phi) is 6.01. The van der Waals surface area contributed by atoms with E-state index < -0.39 is 0 Å². The van der Waals surface area contributed by atoms with Crippen molar-refractivity contribution in [2.75, 3.05) is 6.54 Å². The normalized spacial score (nSPS) is 13.0. The van der Waals surface area contributed by atoms with Gasteiger partial charge in [0.15, 0.2) is 0 Å². The lowest BCUT2D eigenvalue weighted by Gasteiger charge is -2.17. The van der Waals surface area contributed by atoms with E-state index in [0.29, 0.717) is 6.04 Å². The predicted octanol–water partition coefficient (Wildman–Crippen LogP) is 2.95.